The first-order chi connectivity index (χ1) is 14.0. The molecule has 6 unspecified atom stereocenters. The van der Waals surface area contributed by atoms with Gasteiger partial charge in [0.2, 0.25) is 11.6 Å². The molecule has 3 fully saturated rings. The van der Waals surface area contributed by atoms with Gasteiger partial charge in [-0.05, 0) is 55.8 Å². The molecule has 2 bridgehead atoms. The summed E-state index contributed by atoms with van der Waals surface area (Å²) in [6.07, 6.45) is 10.9. The van der Waals surface area contributed by atoms with E-state index in [1.165, 1.54) is 19.3 Å². The van der Waals surface area contributed by atoms with E-state index < -0.39 is 24.1 Å². The van der Waals surface area contributed by atoms with Crippen LogP contribution < -0.4 is 0 Å². The summed E-state index contributed by atoms with van der Waals surface area (Å²) in [5, 5.41) is 0. The van der Waals surface area contributed by atoms with Crippen molar-refractivity contribution in [1.29, 1.82) is 0 Å². The fraction of sp³-hybridized carbons (Fsp3) is 0.619. The van der Waals surface area contributed by atoms with E-state index in [1.54, 1.807) is 48.0 Å². The summed E-state index contributed by atoms with van der Waals surface area (Å²) >= 11 is 0. The molecule has 0 saturated heterocycles. The summed E-state index contributed by atoms with van der Waals surface area (Å²) in [6.45, 7) is 0. The van der Waals surface area contributed by atoms with Crippen molar-refractivity contribution in [2.45, 2.75) is 44.3 Å². The maximum absolute atomic E-state index is 12.7. The third-order valence-electron chi connectivity index (χ3n) is 7.22. The minimum atomic E-state index is -0.470. The predicted molar refractivity (Wildman–Crippen MR) is 102 cm³/mol. The molecule has 2 heterocycles. The Bertz CT molecular complexity index is 861. The number of aromatic nitrogens is 4. The molecular weight excluding hydrogens is 372 g/mol. The van der Waals surface area contributed by atoms with Crippen molar-refractivity contribution in [3.05, 3.63) is 36.4 Å². The van der Waals surface area contributed by atoms with Gasteiger partial charge in [0.1, 0.15) is 12.2 Å². The van der Waals surface area contributed by atoms with Crippen LogP contribution in [-0.4, -0.2) is 43.2 Å². The summed E-state index contributed by atoms with van der Waals surface area (Å²) in [5.74, 6) is 2.11. The Morgan fingerprint density at radius 1 is 0.828 bits per heavy atom. The van der Waals surface area contributed by atoms with Crippen LogP contribution in [0.25, 0.3) is 0 Å². The minimum absolute atomic E-state index is 0.259. The molecule has 0 aromatic carbocycles. The molecule has 0 N–H and O–H groups in total. The van der Waals surface area contributed by atoms with Gasteiger partial charge in [0.15, 0.2) is 0 Å². The third-order valence-corrected chi connectivity index (χ3v) is 7.22. The highest BCUT2D eigenvalue weighted by Crippen LogP contribution is 2.58. The second kappa shape index (κ2) is 7.00. The monoisotopic (exact) mass is 398 g/mol. The Balaban J connectivity index is 1.36. The molecule has 2 aromatic rings. The van der Waals surface area contributed by atoms with Crippen LogP contribution in [0.1, 0.15) is 53.3 Å². The molecule has 0 amide bonds. The number of rotatable bonds is 4. The van der Waals surface area contributed by atoms with E-state index in [0.717, 1.165) is 12.8 Å². The van der Waals surface area contributed by atoms with Gasteiger partial charge in [0, 0.05) is 38.9 Å². The Labute approximate surface area is 169 Å². The zero-order valence-corrected chi connectivity index (χ0v) is 16.7. The average Bonchev–Trinajstić information content (AvgIpc) is 3.46. The van der Waals surface area contributed by atoms with Crippen LogP contribution in [0.15, 0.2) is 24.8 Å². The summed E-state index contributed by atoms with van der Waals surface area (Å²) < 4.78 is 15.0. The van der Waals surface area contributed by atoms with E-state index in [2.05, 4.69) is 9.97 Å². The van der Waals surface area contributed by atoms with E-state index in [1.807, 2.05) is 0 Å². The molecule has 5 rings (SSSR count). The highest BCUT2D eigenvalue weighted by molar-refractivity contribution is 5.86. The molecule has 3 aliphatic rings. The van der Waals surface area contributed by atoms with E-state index in [0.29, 0.717) is 23.7 Å². The van der Waals surface area contributed by atoms with Crippen molar-refractivity contribution >= 4 is 11.9 Å². The second-order valence-electron chi connectivity index (χ2n) is 8.74. The number of ether oxygens (including phenoxy) is 2. The van der Waals surface area contributed by atoms with Crippen molar-refractivity contribution in [2.75, 3.05) is 0 Å². The number of esters is 2. The highest BCUT2D eigenvalue weighted by atomic mass is 16.6. The molecule has 0 aliphatic heterocycles. The van der Waals surface area contributed by atoms with Crippen LogP contribution in [0.5, 0.6) is 0 Å². The molecule has 8 nitrogen and oxygen atoms in total. The topological polar surface area (TPSA) is 88.2 Å². The standard InChI is InChI=1S/C21H26N4O4/c1-24-7-5-22-18(24)20(26)28-16-10-14-12-3-4-13(9-12)15(14)11-17(16)29-21(27)19-23-6-8-25(19)2/h5-8,12-17H,3-4,9-11H2,1-2H3. The number of fused-ring (bicyclic) bond motifs is 5. The lowest BCUT2D eigenvalue weighted by Crippen LogP contribution is -2.46. The number of aryl methyl sites for hydroxylation is 2. The van der Waals surface area contributed by atoms with Gasteiger partial charge in [-0.25, -0.2) is 19.6 Å². The van der Waals surface area contributed by atoms with Gasteiger partial charge in [-0.2, -0.15) is 0 Å². The molecule has 3 aliphatic carbocycles. The first kappa shape index (κ1) is 18.4. The van der Waals surface area contributed by atoms with E-state index in [-0.39, 0.29) is 11.6 Å². The quantitative estimate of drug-likeness (QED) is 0.735. The largest absolute Gasteiger partial charge is 0.453 e. The van der Waals surface area contributed by atoms with Gasteiger partial charge < -0.3 is 18.6 Å². The van der Waals surface area contributed by atoms with Gasteiger partial charge in [0.25, 0.3) is 0 Å². The summed E-state index contributed by atoms with van der Waals surface area (Å²) in [7, 11) is 3.52. The van der Waals surface area contributed by atoms with Crippen molar-refractivity contribution in [2.24, 2.45) is 37.8 Å². The van der Waals surface area contributed by atoms with Crippen LogP contribution in [0.2, 0.25) is 0 Å². The molecule has 154 valence electrons. The van der Waals surface area contributed by atoms with Gasteiger partial charge in [0.05, 0.1) is 0 Å². The number of carbonyl (C=O) groups excluding carboxylic acids is 2. The predicted octanol–water partition coefficient (Wildman–Crippen LogP) is 2.36. The lowest BCUT2D eigenvalue weighted by molar-refractivity contribution is -0.0832. The minimum Gasteiger partial charge on any atom is -0.453 e. The van der Waals surface area contributed by atoms with E-state index in [4.69, 9.17) is 9.47 Å². The summed E-state index contributed by atoms with van der Waals surface area (Å²) in [6, 6.07) is 0. The Morgan fingerprint density at radius 2 is 1.28 bits per heavy atom. The molecule has 2 aromatic heterocycles. The van der Waals surface area contributed by atoms with Crippen molar-refractivity contribution < 1.29 is 19.1 Å². The van der Waals surface area contributed by atoms with Crippen LogP contribution in [0.3, 0.4) is 0 Å². The zero-order chi connectivity index (χ0) is 20.1. The second-order valence-corrected chi connectivity index (χ2v) is 8.74. The van der Waals surface area contributed by atoms with Crippen LogP contribution in [-0.2, 0) is 23.6 Å². The van der Waals surface area contributed by atoms with Crippen molar-refractivity contribution in [3.63, 3.8) is 0 Å². The smallest absolute Gasteiger partial charge is 0.374 e. The molecular formula is C21H26N4O4. The normalized spacial score (nSPS) is 32.8. The first-order valence-corrected chi connectivity index (χ1v) is 10.4. The zero-order valence-electron chi connectivity index (χ0n) is 16.7. The van der Waals surface area contributed by atoms with Gasteiger partial charge >= 0.3 is 11.9 Å². The van der Waals surface area contributed by atoms with Crippen LogP contribution in [0, 0.1) is 23.7 Å². The first-order valence-electron chi connectivity index (χ1n) is 10.4. The van der Waals surface area contributed by atoms with E-state index in [9.17, 15) is 9.59 Å². The fourth-order valence-corrected chi connectivity index (χ4v) is 5.86. The van der Waals surface area contributed by atoms with Crippen molar-refractivity contribution in [3.8, 4) is 0 Å². The number of hydrogen-bond acceptors (Lipinski definition) is 6. The summed E-state index contributed by atoms with van der Waals surface area (Å²) in [5.41, 5.74) is 0. The molecule has 29 heavy (non-hydrogen) atoms. The molecule has 0 radical (unpaired) electrons. The Morgan fingerprint density at radius 3 is 1.66 bits per heavy atom. The highest BCUT2D eigenvalue weighted by Gasteiger charge is 2.53. The van der Waals surface area contributed by atoms with Crippen LogP contribution >= 0.6 is 0 Å². The van der Waals surface area contributed by atoms with Crippen LogP contribution in [0.4, 0.5) is 0 Å². The maximum atomic E-state index is 12.7. The SMILES string of the molecule is Cn1ccnc1C(=O)OC1CC2C3CCC(C3)C2CC1OC(=O)c1nccn1C. The fourth-order valence-electron chi connectivity index (χ4n) is 5.86. The lowest BCUT2D eigenvalue weighted by atomic mass is 9.69. The Kier molecular flexibility index (Phi) is 4.44. The lowest BCUT2D eigenvalue weighted by Gasteiger charge is -2.42. The van der Waals surface area contributed by atoms with Gasteiger partial charge in [-0.15, -0.1) is 0 Å². The average molecular weight is 398 g/mol. The molecule has 6 atom stereocenters. The third kappa shape index (κ3) is 3.14. The van der Waals surface area contributed by atoms with Gasteiger partial charge in [-0.3, -0.25) is 0 Å². The number of hydrogen-bond donors (Lipinski definition) is 0. The van der Waals surface area contributed by atoms with Crippen molar-refractivity contribution in [1.82, 2.24) is 19.1 Å². The van der Waals surface area contributed by atoms with Gasteiger partial charge in [-0.1, -0.05) is 0 Å². The van der Waals surface area contributed by atoms with E-state index >= 15 is 0 Å². The number of imidazole rings is 2. The maximum Gasteiger partial charge on any atom is 0.374 e. The summed E-state index contributed by atoms with van der Waals surface area (Å²) in [4.78, 5) is 33.6. The number of nitrogens with zero attached hydrogens (tertiary/aromatic N) is 4. The molecule has 3 saturated carbocycles. The molecule has 8 heteroatoms. The molecule has 0 spiro atoms. The number of carbonyl (C=O) groups is 2. The Hall–Kier alpha value is -2.64.